The zero-order valence-electron chi connectivity index (χ0n) is 14.7. The molecule has 24 heavy (non-hydrogen) atoms. The van der Waals surface area contributed by atoms with Gasteiger partial charge in [-0.15, -0.1) is 6.58 Å². The SMILES string of the molecule is C=CCOCC#CC1C[C@H](C)N2CCCCC2[C@@]2(C)OC(=O)C=C12. The number of piperidine rings is 1. The lowest BCUT2D eigenvalue weighted by molar-refractivity contribution is -0.151. The third kappa shape index (κ3) is 3.16. The van der Waals surface area contributed by atoms with Crippen molar-refractivity contribution < 1.29 is 14.3 Å². The highest BCUT2D eigenvalue weighted by atomic mass is 16.6. The molecule has 3 aliphatic rings. The molecule has 0 N–H and O–H groups in total. The van der Waals surface area contributed by atoms with E-state index in [1.807, 2.05) is 0 Å². The fourth-order valence-corrected chi connectivity index (χ4v) is 4.45. The molecule has 0 aromatic heterocycles. The van der Waals surface area contributed by atoms with E-state index in [1.165, 1.54) is 12.8 Å². The smallest absolute Gasteiger partial charge is 0.331 e. The summed E-state index contributed by atoms with van der Waals surface area (Å²) in [5, 5.41) is 0. The van der Waals surface area contributed by atoms with Crippen molar-refractivity contribution in [2.75, 3.05) is 19.8 Å². The third-order valence-electron chi connectivity index (χ3n) is 5.54. The van der Waals surface area contributed by atoms with Crippen LogP contribution in [-0.4, -0.2) is 48.3 Å². The Balaban J connectivity index is 1.88. The second-order valence-corrected chi connectivity index (χ2v) is 7.14. The second-order valence-electron chi connectivity index (χ2n) is 7.14. The molecule has 0 bridgehead atoms. The normalized spacial score (nSPS) is 35.7. The van der Waals surface area contributed by atoms with Crippen LogP contribution in [0.5, 0.6) is 0 Å². The predicted octanol–water partition coefficient (Wildman–Crippen LogP) is 2.70. The lowest BCUT2D eigenvalue weighted by atomic mass is 9.79. The van der Waals surface area contributed by atoms with Crippen molar-refractivity contribution in [1.29, 1.82) is 0 Å². The molecule has 4 heteroatoms. The minimum absolute atomic E-state index is 0.0504. The molecule has 2 unspecified atom stereocenters. The Morgan fingerprint density at radius 1 is 1.54 bits per heavy atom. The molecule has 0 saturated carbocycles. The molecule has 0 amide bonds. The predicted molar refractivity (Wildman–Crippen MR) is 93.3 cm³/mol. The summed E-state index contributed by atoms with van der Waals surface area (Å²) in [6.07, 6.45) is 7.83. The number of carbonyl (C=O) groups excluding carboxylic acids is 1. The molecule has 0 aromatic rings. The molecule has 4 atom stereocenters. The van der Waals surface area contributed by atoms with Gasteiger partial charge in [0.1, 0.15) is 12.2 Å². The number of hydrogen-bond donors (Lipinski definition) is 0. The van der Waals surface area contributed by atoms with Gasteiger partial charge in [-0.2, -0.15) is 0 Å². The Kier molecular flexibility index (Phi) is 5.12. The van der Waals surface area contributed by atoms with Crippen LogP contribution >= 0.6 is 0 Å². The Hall–Kier alpha value is -1.57. The van der Waals surface area contributed by atoms with Crippen molar-refractivity contribution in [2.24, 2.45) is 5.92 Å². The van der Waals surface area contributed by atoms with Gasteiger partial charge in [0.2, 0.25) is 0 Å². The molecule has 3 aliphatic heterocycles. The van der Waals surface area contributed by atoms with Crippen LogP contribution < -0.4 is 0 Å². The van der Waals surface area contributed by atoms with Crippen molar-refractivity contribution in [2.45, 2.75) is 57.2 Å². The summed E-state index contributed by atoms with van der Waals surface area (Å²) in [5.41, 5.74) is 0.522. The zero-order chi connectivity index (χ0) is 17.2. The topological polar surface area (TPSA) is 38.8 Å². The minimum Gasteiger partial charge on any atom is -0.450 e. The van der Waals surface area contributed by atoms with Crippen LogP contribution in [-0.2, 0) is 14.3 Å². The lowest BCUT2D eigenvalue weighted by Gasteiger charge is -2.45. The highest BCUT2D eigenvalue weighted by Crippen LogP contribution is 2.46. The number of ether oxygens (including phenoxy) is 2. The van der Waals surface area contributed by atoms with Crippen LogP contribution in [0.25, 0.3) is 0 Å². The molecule has 0 spiro atoms. The van der Waals surface area contributed by atoms with Crippen LogP contribution in [0, 0.1) is 17.8 Å². The summed E-state index contributed by atoms with van der Waals surface area (Å²) < 4.78 is 11.2. The maximum absolute atomic E-state index is 12.0. The van der Waals surface area contributed by atoms with Crippen LogP contribution in [0.3, 0.4) is 0 Å². The number of nitrogens with zero attached hydrogens (tertiary/aromatic N) is 1. The van der Waals surface area contributed by atoms with E-state index in [9.17, 15) is 4.79 Å². The van der Waals surface area contributed by atoms with Gasteiger partial charge < -0.3 is 9.47 Å². The van der Waals surface area contributed by atoms with E-state index in [4.69, 9.17) is 9.47 Å². The minimum atomic E-state index is -0.538. The van der Waals surface area contributed by atoms with Gasteiger partial charge in [-0.3, -0.25) is 4.90 Å². The number of rotatable bonds is 3. The molecular formula is C20H27NO3. The van der Waals surface area contributed by atoms with Crippen molar-refractivity contribution in [3.05, 3.63) is 24.3 Å². The molecule has 3 heterocycles. The van der Waals surface area contributed by atoms with Crippen molar-refractivity contribution in [3.63, 3.8) is 0 Å². The van der Waals surface area contributed by atoms with Crippen molar-refractivity contribution in [1.82, 2.24) is 4.90 Å². The van der Waals surface area contributed by atoms with Gasteiger partial charge in [0.25, 0.3) is 0 Å². The number of hydrogen-bond acceptors (Lipinski definition) is 4. The van der Waals surface area contributed by atoms with Gasteiger partial charge in [0, 0.05) is 18.0 Å². The fraction of sp³-hybridized carbons (Fsp3) is 0.650. The first-order chi connectivity index (χ1) is 11.6. The maximum Gasteiger partial charge on any atom is 0.331 e. The zero-order valence-corrected chi connectivity index (χ0v) is 14.7. The van der Waals surface area contributed by atoms with Gasteiger partial charge in [-0.25, -0.2) is 4.79 Å². The van der Waals surface area contributed by atoms with Crippen LogP contribution in [0.1, 0.15) is 39.5 Å². The summed E-state index contributed by atoms with van der Waals surface area (Å²) in [6, 6.07) is 0.702. The van der Waals surface area contributed by atoms with E-state index in [0.29, 0.717) is 19.3 Å². The van der Waals surface area contributed by atoms with E-state index >= 15 is 0 Å². The molecule has 3 rings (SSSR count). The molecule has 2 saturated heterocycles. The van der Waals surface area contributed by atoms with Crippen molar-refractivity contribution >= 4 is 5.97 Å². The quantitative estimate of drug-likeness (QED) is 0.345. The summed E-state index contributed by atoms with van der Waals surface area (Å²) >= 11 is 0. The molecule has 2 fully saturated rings. The molecule has 130 valence electrons. The average Bonchev–Trinajstić information content (AvgIpc) is 2.85. The molecule has 0 radical (unpaired) electrons. The molecular weight excluding hydrogens is 302 g/mol. The van der Waals surface area contributed by atoms with E-state index in [2.05, 4.69) is 37.2 Å². The number of fused-ring (bicyclic) bond motifs is 3. The number of esters is 1. The largest absolute Gasteiger partial charge is 0.450 e. The van der Waals surface area contributed by atoms with Gasteiger partial charge in [-0.1, -0.05) is 24.3 Å². The highest BCUT2D eigenvalue weighted by molar-refractivity contribution is 5.87. The molecule has 4 nitrogen and oxygen atoms in total. The molecule has 0 aliphatic carbocycles. The van der Waals surface area contributed by atoms with Gasteiger partial charge in [0.15, 0.2) is 0 Å². The summed E-state index contributed by atoms with van der Waals surface area (Å²) in [6.45, 7) is 9.96. The van der Waals surface area contributed by atoms with Gasteiger partial charge >= 0.3 is 5.97 Å². The highest BCUT2D eigenvalue weighted by Gasteiger charge is 2.53. The van der Waals surface area contributed by atoms with E-state index in [1.54, 1.807) is 12.2 Å². The Morgan fingerprint density at radius 3 is 3.17 bits per heavy atom. The standard InChI is InChI=1S/C20H27NO3/c1-4-11-23-12-7-8-16-13-15(2)21-10-6-5-9-18(21)20(3)17(16)14-19(22)24-20/h4,14-16,18H,1,5-6,9-13H2,2-3H3/t15-,16?,18?,20-/m0/s1. The first kappa shape index (κ1) is 17.3. The first-order valence-corrected chi connectivity index (χ1v) is 8.94. The van der Waals surface area contributed by atoms with E-state index in [-0.39, 0.29) is 17.9 Å². The summed E-state index contributed by atoms with van der Waals surface area (Å²) in [4.78, 5) is 14.6. The first-order valence-electron chi connectivity index (χ1n) is 8.94. The average molecular weight is 329 g/mol. The Labute approximate surface area is 144 Å². The monoisotopic (exact) mass is 329 g/mol. The molecule has 0 aromatic carbocycles. The second kappa shape index (κ2) is 7.13. The Bertz CT molecular complexity index is 600. The summed E-state index contributed by atoms with van der Waals surface area (Å²) in [7, 11) is 0. The van der Waals surface area contributed by atoms with Gasteiger partial charge in [0.05, 0.1) is 12.6 Å². The summed E-state index contributed by atoms with van der Waals surface area (Å²) in [5.74, 6) is 6.29. The van der Waals surface area contributed by atoms with Gasteiger partial charge in [-0.05, 0) is 45.2 Å². The van der Waals surface area contributed by atoms with E-state index < -0.39 is 5.60 Å². The maximum atomic E-state index is 12.0. The number of carbonyl (C=O) groups is 1. The third-order valence-corrected chi connectivity index (χ3v) is 5.54. The van der Waals surface area contributed by atoms with E-state index in [0.717, 1.165) is 25.0 Å². The lowest BCUT2D eigenvalue weighted by Crippen LogP contribution is -2.55. The Morgan fingerprint density at radius 2 is 2.38 bits per heavy atom. The van der Waals surface area contributed by atoms with Crippen LogP contribution in [0.15, 0.2) is 24.3 Å². The van der Waals surface area contributed by atoms with Crippen LogP contribution in [0.4, 0.5) is 0 Å². The fourth-order valence-electron chi connectivity index (χ4n) is 4.45. The van der Waals surface area contributed by atoms with Crippen molar-refractivity contribution in [3.8, 4) is 11.8 Å². The van der Waals surface area contributed by atoms with Crippen LogP contribution in [0.2, 0.25) is 0 Å².